The Balaban J connectivity index is 0.00000256. The molecule has 0 fully saturated rings. The van der Waals surface area contributed by atoms with Gasteiger partial charge < -0.3 is 15.6 Å². The summed E-state index contributed by atoms with van der Waals surface area (Å²) >= 11 is 6.15. The lowest BCUT2D eigenvalue weighted by Crippen LogP contribution is -2.19. The molecule has 1 rings (SSSR count). The molecule has 3 nitrogen and oxygen atoms in total. The van der Waals surface area contributed by atoms with Crippen LogP contribution in [0.15, 0.2) is 15.0 Å². The number of hydrogen-bond acceptors (Lipinski definition) is 3. The Bertz CT molecular complexity index is 407. The van der Waals surface area contributed by atoms with Crippen LogP contribution in [0.3, 0.4) is 0 Å². The summed E-state index contributed by atoms with van der Waals surface area (Å²) in [5, 5.41) is 9.59. The van der Waals surface area contributed by atoms with Crippen LogP contribution in [0.2, 0.25) is 0 Å². The molecule has 0 amide bonds. The van der Waals surface area contributed by atoms with Crippen molar-refractivity contribution in [3.05, 3.63) is 20.6 Å². The van der Waals surface area contributed by atoms with Gasteiger partial charge in [-0.3, -0.25) is 0 Å². The van der Waals surface area contributed by atoms with Gasteiger partial charge in [0.1, 0.15) is 0 Å². The molecular weight excluding hydrogens is 387 g/mol. The van der Waals surface area contributed by atoms with E-state index in [9.17, 15) is 13.9 Å². The molecule has 0 heterocycles. The number of benzene rings is 1. The molecule has 0 aliphatic heterocycles. The van der Waals surface area contributed by atoms with E-state index in [4.69, 9.17) is 10.5 Å². The maximum atomic E-state index is 12.5. The van der Waals surface area contributed by atoms with Crippen LogP contribution in [0.25, 0.3) is 0 Å². The Morgan fingerprint density at radius 2 is 1.88 bits per heavy atom. The maximum absolute atomic E-state index is 12.5. The number of alkyl halides is 2. The zero-order valence-corrected chi connectivity index (χ0v) is 12.6. The van der Waals surface area contributed by atoms with Crippen molar-refractivity contribution in [2.24, 2.45) is 5.73 Å². The standard InChI is InChI=1S/C9H9Br2F2NO2.ClH/c1-16-4-2-3(7(14)9(12)13)5(10)6(11)8(4)15;/h2,7,9,15H,14H2,1H3;1H/t7-;/m0./s1. The number of rotatable bonds is 3. The van der Waals surface area contributed by atoms with Gasteiger partial charge in [0.05, 0.1) is 17.6 Å². The molecule has 0 unspecified atom stereocenters. The van der Waals surface area contributed by atoms with E-state index in [1.165, 1.54) is 13.2 Å². The van der Waals surface area contributed by atoms with E-state index in [-0.39, 0.29) is 33.9 Å². The summed E-state index contributed by atoms with van der Waals surface area (Å²) in [5.74, 6) is -0.0826. The molecule has 1 aromatic rings. The van der Waals surface area contributed by atoms with Crippen LogP contribution < -0.4 is 10.5 Å². The van der Waals surface area contributed by atoms with E-state index in [2.05, 4.69) is 31.9 Å². The Labute approximate surface area is 120 Å². The van der Waals surface area contributed by atoms with Crippen molar-refractivity contribution in [2.45, 2.75) is 12.5 Å². The molecule has 17 heavy (non-hydrogen) atoms. The first kappa shape index (κ1) is 16.9. The van der Waals surface area contributed by atoms with Crippen molar-refractivity contribution >= 4 is 44.3 Å². The van der Waals surface area contributed by atoms with E-state index in [0.29, 0.717) is 4.47 Å². The van der Waals surface area contributed by atoms with Crippen LogP contribution in [0, 0.1) is 0 Å². The third kappa shape index (κ3) is 3.43. The molecule has 0 radical (unpaired) electrons. The molecule has 0 aliphatic carbocycles. The number of hydrogen-bond donors (Lipinski definition) is 2. The van der Waals surface area contributed by atoms with Gasteiger partial charge in [-0.2, -0.15) is 0 Å². The van der Waals surface area contributed by atoms with E-state index < -0.39 is 12.5 Å². The minimum absolute atomic E-state index is 0. The second-order valence-electron chi connectivity index (χ2n) is 3.00. The summed E-state index contributed by atoms with van der Waals surface area (Å²) in [6.07, 6.45) is -2.70. The number of phenols is 1. The monoisotopic (exact) mass is 395 g/mol. The molecule has 0 saturated heterocycles. The normalized spacial score (nSPS) is 12.2. The van der Waals surface area contributed by atoms with Crippen molar-refractivity contribution in [3.63, 3.8) is 0 Å². The first-order valence-corrected chi connectivity index (χ1v) is 5.77. The van der Waals surface area contributed by atoms with Crippen LogP contribution in [-0.2, 0) is 0 Å². The van der Waals surface area contributed by atoms with Gasteiger partial charge in [-0.1, -0.05) is 0 Å². The Hall–Kier alpha value is -0.110. The highest BCUT2D eigenvalue weighted by Gasteiger charge is 2.24. The van der Waals surface area contributed by atoms with Crippen LogP contribution in [-0.4, -0.2) is 18.6 Å². The number of phenolic OH excluding ortho intramolecular Hbond substituents is 1. The number of methoxy groups -OCH3 is 1. The number of aromatic hydroxyl groups is 1. The lowest BCUT2D eigenvalue weighted by Gasteiger charge is -2.16. The summed E-state index contributed by atoms with van der Waals surface area (Å²) in [7, 11) is 1.33. The Kier molecular flexibility index (Phi) is 6.68. The average Bonchev–Trinajstić information content (AvgIpc) is 2.25. The van der Waals surface area contributed by atoms with Gasteiger partial charge in [0.15, 0.2) is 11.5 Å². The molecule has 0 saturated carbocycles. The maximum Gasteiger partial charge on any atom is 0.257 e. The highest BCUT2D eigenvalue weighted by molar-refractivity contribution is 9.13. The smallest absolute Gasteiger partial charge is 0.257 e. The van der Waals surface area contributed by atoms with E-state index in [1.54, 1.807) is 0 Å². The third-order valence-corrected chi connectivity index (χ3v) is 4.18. The molecule has 98 valence electrons. The largest absolute Gasteiger partial charge is 0.503 e. The molecule has 0 spiro atoms. The van der Waals surface area contributed by atoms with Crippen LogP contribution in [0.5, 0.6) is 11.5 Å². The second kappa shape index (κ2) is 6.72. The van der Waals surface area contributed by atoms with Crippen molar-refractivity contribution in [1.29, 1.82) is 0 Å². The van der Waals surface area contributed by atoms with Crippen molar-refractivity contribution in [1.82, 2.24) is 0 Å². The fourth-order valence-electron chi connectivity index (χ4n) is 1.15. The fourth-order valence-corrected chi connectivity index (χ4v) is 2.14. The zero-order chi connectivity index (χ0) is 12.5. The molecular formula is C9H10Br2ClF2NO2. The van der Waals surface area contributed by atoms with E-state index >= 15 is 0 Å². The molecule has 0 aromatic heterocycles. The first-order valence-electron chi connectivity index (χ1n) is 4.18. The van der Waals surface area contributed by atoms with Gasteiger partial charge >= 0.3 is 0 Å². The molecule has 8 heteroatoms. The summed E-state index contributed by atoms with van der Waals surface area (Å²) in [4.78, 5) is 0. The van der Waals surface area contributed by atoms with Gasteiger partial charge in [0.2, 0.25) is 0 Å². The number of halogens is 5. The molecule has 0 bridgehead atoms. The molecule has 1 aromatic carbocycles. The van der Waals surface area contributed by atoms with Crippen LogP contribution >= 0.6 is 44.3 Å². The van der Waals surface area contributed by atoms with Gasteiger partial charge in [-0.05, 0) is 43.5 Å². The van der Waals surface area contributed by atoms with Gasteiger partial charge in [-0.15, -0.1) is 12.4 Å². The minimum atomic E-state index is -2.70. The minimum Gasteiger partial charge on any atom is -0.503 e. The lowest BCUT2D eigenvalue weighted by molar-refractivity contribution is 0.116. The number of nitrogens with two attached hydrogens (primary N) is 1. The predicted octanol–water partition coefficient (Wildman–Crippen LogP) is 3.61. The highest BCUT2D eigenvalue weighted by Crippen LogP contribution is 2.43. The van der Waals surface area contributed by atoms with Gasteiger partial charge in [0.25, 0.3) is 6.43 Å². The van der Waals surface area contributed by atoms with Gasteiger partial charge in [0, 0.05) is 4.47 Å². The van der Waals surface area contributed by atoms with Crippen molar-refractivity contribution in [3.8, 4) is 11.5 Å². The average molecular weight is 397 g/mol. The SMILES string of the molecule is COc1cc([C@H](N)C(F)F)c(Br)c(Br)c1O.Cl. The summed E-state index contributed by atoms with van der Waals surface area (Å²) in [6.45, 7) is 0. The Morgan fingerprint density at radius 1 is 1.35 bits per heavy atom. The predicted molar refractivity (Wildman–Crippen MR) is 70.2 cm³/mol. The quantitative estimate of drug-likeness (QED) is 0.819. The first-order chi connectivity index (χ1) is 7.40. The fraction of sp³-hybridized carbons (Fsp3) is 0.333. The summed E-state index contributed by atoms with van der Waals surface area (Å²) < 4.78 is 30.4. The Morgan fingerprint density at radius 3 is 2.29 bits per heavy atom. The zero-order valence-electron chi connectivity index (χ0n) is 8.58. The van der Waals surface area contributed by atoms with Crippen LogP contribution in [0.4, 0.5) is 8.78 Å². The topological polar surface area (TPSA) is 55.5 Å². The molecule has 1 atom stereocenters. The summed E-state index contributed by atoms with van der Waals surface area (Å²) in [5.41, 5.74) is 5.51. The second-order valence-corrected chi connectivity index (χ2v) is 4.59. The van der Waals surface area contributed by atoms with Crippen molar-refractivity contribution < 1.29 is 18.6 Å². The number of ether oxygens (including phenoxy) is 1. The van der Waals surface area contributed by atoms with E-state index in [0.717, 1.165) is 0 Å². The summed E-state index contributed by atoms with van der Waals surface area (Å²) in [6, 6.07) is -0.166. The van der Waals surface area contributed by atoms with E-state index in [1.807, 2.05) is 0 Å². The molecule has 0 aliphatic rings. The van der Waals surface area contributed by atoms with Crippen LogP contribution in [0.1, 0.15) is 11.6 Å². The third-order valence-electron chi connectivity index (χ3n) is 2.02. The van der Waals surface area contributed by atoms with Crippen molar-refractivity contribution in [2.75, 3.05) is 7.11 Å². The molecule has 3 N–H and O–H groups in total. The lowest BCUT2D eigenvalue weighted by atomic mass is 10.1. The van der Waals surface area contributed by atoms with Gasteiger partial charge in [-0.25, -0.2) is 8.78 Å². The highest BCUT2D eigenvalue weighted by atomic mass is 79.9.